The van der Waals surface area contributed by atoms with Gasteiger partial charge in [-0.3, -0.25) is 4.99 Å². The second-order valence-electron chi connectivity index (χ2n) is 3.63. The molecule has 0 heterocycles. The van der Waals surface area contributed by atoms with Gasteiger partial charge in [-0.2, -0.15) is 0 Å². The molecule has 1 aromatic rings. The average Bonchev–Trinajstić information content (AvgIpc) is 2.36. The average molecular weight is 235 g/mol. The van der Waals surface area contributed by atoms with Crippen molar-refractivity contribution >= 4 is 5.96 Å². The van der Waals surface area contributed by atoms with Crippen molar-refractivity contribution in [3.63, 3.8) is 0 Å². The van der Waals surface area contributed by atoms with Crippen LogP contribution in [0.1, 0.15) is 12.5 Å². The minimum absolute atomic E-state index is 0.487. The van der Waals surface area contributed by atoms with Crippen LogP contribution in [0, 0.1) is 0 Å². The van der Waals surface area contributed by atoms with Crippen LogP contribution in [0.5, 0.6) is 0 Å². The summed E-state index contributed by atoms with van der Waals surface area (Å²) in [5.74, 6) is 0.487. The highest BCUT2D eigenvalue weighted by Crippen LogP contribution is 1.97. The summed E-state index contributed by atoms with van der Waals surface area (Å²) in [6.07, 6.45) is 0.947. The Balaban J connectivity index is 2.13. The Labute approximate surface area is 103 Å². The number of nitrogens with one attached hydrogen (secondary N) is 1. The molecule has 0 aromatic heterocycles. The molecule has 3 N–H and O–H groups in total. The molecule has 17 heavy (non-hydrogen) atoms. The van der Waals surface area contributed by atoms with Crippen molar-refractivity contribution in [2.75, 3.05) is 26.3 Å². The number of hydrogen-bond donors (Lipinski definition) is 2. The van der Waals surface area contributed by atoms with Gasteiger partial charge >= 0.3 is 0 Å². The minimum atomic E-state index is 0.487. The smallest absolute Gasteiger partial charge is 0.188 e. The fraction of sp³-hybridized carbons (Fsp3) is 0.462. The molecule has 1 rings (SSSR count). The predicted octanol–water partition coefficient (Wildman–Crippen LogP) is 1.17. The van der Waals surface area contributed by atoms with Crippen LogP contribution < -0.4 is 11.1 Å². The van der Waals surface area contributed by atoms with E-state index in [0.717, 1.165) is 19.6 Å². The van der Waals surface area contributed by atoms with Crippen molar-refractivity contribution in [2.24, 2.45) is 10.7 Å². The van der Waals surface area contributed by atoms with Gasteiger partial charge in [0.2, 0.25) is 0 Å². The van der Waals surface area contributed by atoms with Crippen LogP contribution in [0.2, 0.25) is 0 Å². The number of hydrogen-bond acceptors (Lipinski definition) is 2. The molecule has 0 bridgehead atoms. The highest BCUT2D eigenvalue weighted by atomic mass is 16.5. The van der Waals surface area contributed by atoms with Gasteiger partial charge in [0.1, 0.15) is 0 Å². The zero-order valence-corrected chi connectivity index (χ0v) is 10.4. The Morgan fingerprint density at radius 2 is 2.12 bits per heavy atom. The number of nitrogens with two attached hydrogens (primary N) is 1. The SMILES string of the molecule is CCOCCN=C(N)NCCc1ccccc1. The van der Waals surface area contributed by atoms with Crippen LogP contribution in [-0.4, -0.2) is 32.3 Å². The Morgan fingerprint density at radius 3 is 2.82 bits per heavy atom. The quantitative estimate of drug-likeness (QED) is 0.424. The van der Waals surface area contributed by atoms with Crippen LogP contribution in [-0.2, 0) is 11.2 Å². The largest absolute Gasteiger partial charge is 0.380 e. The Kier molecular flexibility index (Phi) is 6.82. The van der Waals surface area contributed by atoms with Gasteiger partial charge in [-0.15, -0.1) is 0 Å². The van der Waals surface area contributed by atoms with Crippen LogP contribution in [0.4, 0.5) is 0 Å². The summed E-state index contributed by atoms with van der Waals surface area (Å²) in [7, 11) is 0. The molecule has 4 nitrogen and oxygen atoms in total. The summed E-state index contributed by atoms with van der Waals surface area (Å²) < 4.78 is 5.17. The van der Waals surface area contributed by atoms with Crippen molar-refractivity contribution in [3.05, 3.63) is 35.9 Å². The monoisotopic (exact) mass is 235 g/mol. The number of rotatable bonds is 7. The summed E-state index contributed by atoms with van der Waals surface area (Å²) >= 11 is 0. The summed E-state index contributed by atoms with van der Waals surface area (Å²) in [6.45, 7) is 4.71. The van der Waals surface area contributed by atoms with E-state index in [-0.39, 0.29) is 0 Å². The number of aliphatic imine (C=N–C) groups is 1. The van der Waals surface area contributed by atoms with Crippen molar-refractivity contribution < 1.29 is 4.74 Å². The number of benzene rings is 1. The first-order valence-electron chi connectivity index (χ1n) is 5.98. The maximum Gasteiger partial charge on any atom is 0.188 e. The second kappa shape index (κ2) is 8.58. The first-order chi connectivity index (χ1) is 8.33. The van der Waals surface area contributed by atoms with E-state index in [0.29, 0.717) is 19.1 Å². The number of ether oxygens (including phenoxy) is 1. The highest BCUT2D eigenvalue weighted by Gasteiger charge is 1.93. The van der Waals surface area contributed by atoms with Crippen molar-refractivity contribution in [1.29, 1.82) is 0 Å². The summed E-state index contributed by atoms with van der Waals surface area (Å²) in [6, 6.07) is 10.3. The molecule has 0 saturated carbocycles. The van der Waals surface area contributed by atoms with Gasteiger partial charge in [0, 0.05) is 13.2 Å². The zero-order valence-electron chi connectivity index (χ0n) is 10.4. The van der Waals surface area contributed by atoms with E-state index in [9.17, 15) is 0 Å². The zero-order chi connectivity index (χ0) is 12.3. The molecule has 0 saturated heterocycles. The summed E-state index contributed by atoms with van der Waals surface area (Å²) in [4.78, 5) is 4.15. The molecule has 0 atom stereocenters. The standard InChI is InChI=1S/C13H21N3O/c1-2-17-11-10-16-13(14)15-9-8-12-6-4-3-5-7-12/h3-7H,2,8-11H2,1H3,(H3,14,15,16). The number of nitrogens with zero attached hydrogens (tertiary/aromatic N) is 1. The van der Waals surface area contributed by atoms with E-state index in [1.54, 1.807) is 0 Å². The molecule has 0 aliphatic heterocycles. The first-order valence-corrected chi connectivity index (χ1v) is 5.98. The molecule has 1 aromatic carbocycles. The van der Waals surface area contributed by atoms with Crippen LogP contribution >= 0.6 is 0 Å². The summed E-state index contributed by atoms with van der Waals surface area (Å²) in [5, 5.41) is 3.08. The minimum Gasteiger partial charge on any atom is -0.380 e. The maximum atomic E-state index is 5.70. The molecule has 0 aliphatic rings. The van der Waals surface area contributed by atoms with Crippen molar-refractivity contribution in [2.45, 2.75) is 13.3 Å². The lowest BCUT2D eigenvalue weighted by Gasteiger charge is -2.05. The van der Waals surface area contributed by atoms with Gasteiger partial charge in [0.25, 0.3) is 0 Å². The van der Waals surface area contributed by atoms with E-state index >= 15 is 0 Å². The number of guanidine groups is 1. The third-order valence-corrected chi connectivity index (χ3v) is 2.28. The van der Waals surface area contributed by atoms with Crippen molar-refractivity contribution in [3.8, 4) is 0 Å². The molecule has 4 heteroatoms. The second-order valence-corrected chi connectivity index (χ2v) is 3.63. The molecule has 0 amide bonds. The van der Waals surface area contributed by atoms with Gasteiger partial charge in [-0.25, -0.2) is 0 Å². The Bertz CT molecular complexity index is 325. The fourth-order valence-corrected chi connectivity index (χ4v) is 1.41. The normalized spacial score (nSPS) is 11.5. The molecule has 0 fully saturated rings. The van der Waals surface area contributed by atoms with Gasteiger partial charge < -0.3 is 15.8 Å². The molecular formula is C13H21N3O. The lowest BCUT2D eigenvalue weighted by molar-refractivity contribution is 0.155. The van der Waals surface area contributed by atoms with Crippen LogP contribution in [0.3, 0.4) is 0 Å². The van der Waals surface area contributed by atoms with E-state index < -0.39 is 0 Å². The van der Waals surface area contributed by atoms with Crippen LogP contribution in [0.25, 0.3) is 0 Å². The Morgan fingerprint density at radius 1 is 1.35 bits per heavy atom. The van der Waals surface area contributed by atoms with E-state index in [1.807, 2.05) is 25.1 Å². The molecule has 0 spiro atoms. The fourth-order valence-electron chi connectivity index (χ4n) is 1.41. The predicted molar refractivity (Wildman–Crippen MR) is 71.1 cm³/mol. The van der Waals surface area contributed by atoms with E-state index in [4.69, 9.17) is 10.5 Å². The lowest BCUT2D eigenvalue weighted by Crippen LogP contribution is -2.33. The third-order valence-electron chi connectivity index (χ3n) is 2.28. The van der Waals surface area contributed by atoms with Crippen molar-refractivity contribution in [1.82, 2.24) is 5.32 Å². The molecule has 0 unspecified atom stereocenters. The summed E-state index contributed by atoms with van der Waals surface area (Å²) in [5.41, 5.74) is 7.00. The van der Waals surface area contributed by atoms with Gasteiger partial charge in [0.05, 0.1) is 13.2 Å². The third kappa shape index (κ3) is 6.58. The van der Waals surface area contributed by atoms with Crippen LogP contribution in [0.15, 0.2) is 35.3 Å². The van der Waals surface area contributed by atoms with E-state index in [1.165, 1.54) is 5.56 Å². The maximum absolute atomic E-state index is 5.70. The highest BCUT2D eigenvalue weighted by molar-refractivity contribution is 5.77. The molecular weight excluding hydrogens is 214 g/mol. The Hall–Kier alpha value is -1.55. The first kappa shape index (κ1) is 13.5. The lowest BCUT2D eigenvalue weighted by atomic mass is 10.1. The van der Waals surface area contributed by atoms with Gasteiger partial charge in [0.15, 0.2) is 5.96 Å². The van der Waals surface area contributed by atoms with E-state index in [2.05, 4.69) is 22.4 Å². The topological polar surface area (TPSA) is 59.6 Å². The molecule has 0 radical (unpaired) electrons. The van der Waals surface area contributed by atoms with Gasteiger partial charge in [-0.1, -0.05) is 30.3 Å². The molecule has 0 aliphatic carbocycles. The van der Waals surface area contributed by atoms with Gasteiger partial charge in [-0.05, 0) is 18.9 Å². The molecule has 94 valence electrons.